The van der Waals surface area contributed by atoms with Gasteiger partial charge in [-0.25, -0.2) is 18.6 Å². The van der Waals surface area contributed by atoms with Crippen molar-refractivity contribution in [1.82, 2.24) is 4.98 Å². The maximum atomic E-state index is 12.7. The van der Waals surface area contributed by atoms with Gasteiger partial charge in [-0.15, -0.1) is 0 Å². The van der Waals surface area contributed by atoms with Gasteiger partial charge in [-0.05, 0) is 34.5 Å². The lowest BCUT2D eigenvalue weighted by Crippen LogP contribution is -2.11. The van der Waals surface area contributed by atoms with Crippen molar-refractivity contribution < 1.29 is 18.3 Å². The highest BCUT2D eigenvalue weighted by Crippen LogP contribution is 2.27. The van der Waals surface area contributed by atoms with E-state index in [1.54, 1.807) is 6.92 Å². The predicted molar refractivity (Wildman–Crippen MR) is 65.5 cm³/mol. The van der Waals surface area contributed by atoms with E-state index in [2.05, 4.69) is 36.8 Å². The van der Waals surface area contributed by atoms with Crippen molar-refractivity contribution in [3.05, 3.63) is 27.5 Å². The summed E-state index contributed by atoms with van der Waals surface area (Å²) in [4.78, 5) is 15.1. The third-order valence-corrected chi connectivity index (χ3v) is 3.12. The van der Waals surface area contributed by atoms with Crippen molar-refractivity contribution >= 4 is 37.8 Å². The van der Waals surface area contributed by atoms with E-state index in [0.29, 0.717) is 10.0 Å². The molecule has 0 atom stereocenters. The maximum absolute atomic E-state index is 12.7. The number of nitrogens with zero attached hydrogens (tertiary/aromatic N) is 1. The SMILES string of the molecule is CCOC(=O)c1nc(C(F)F)c(CBr)cc1Br. The van der Waals surface area contributed by atoms with Gasteiger partial charge < -0.3 is 4.74 Å². The molecular formula is C10H9Br2F2NO2. The number of alkyl halides is 3. The van der Waals surface area contributed by atoms with Crippen LogP contribution in [0.1, 0.15) is 35.1 Å². The smallest absolute Gasteiger partial charge is 0.358 e. The van der Waals surface area contributed by atoms with E-state index in [1.807, 2.05) is 0 Å². The molecule has 17 heavy (non-hydrogen) atoms. The van der Waals surface area contributed by atoms with Gasteiger partial charge in [-0.3, -0.25) is 0 Å². The molecule has 0 unspecified atom stereocenters. The van der Waals surface area contributed by atoms with E-state index in [-0.39, 0.29) is 17.6 Å². The highest BCUT2D eigenvalue weighted by molar-refractivity contribution is 9.10. The Morgan fingerprint density at radius 1 is 1.59 bits per heavy atom. The van der Waals surface area contributed by atoms with Crippen LogP contribution >= 0.6 is 31.9 Å². The van der Waals surface area contributed by atoms with E-state index in [0.717, 1.165) is 0 Å². The predicted octanol–water partition coefficient (Wildman–Crippen LogP) is 3.85. The van der Waals surface area contributed by atoms with Crippen LogP contribution in [0.15, 0.2) is 10.5 Å². The minimum Gasteiger partial charge on any atom is -0.461 e. The molecule has 0 aliphatic rings. The average molecular weight is 373 g/mol. The first-order valence-corrected chi connectivity index (χ1v) is 6.63. The van der Waals surface area contributed by atoms with Gasteiger partial charge in [0.05, 0.1) is 11.1 Å². The van der Waals surface area contributed by atoms with E-state index in [1.165, 1.54) is 6.07 Å². The minimum absolute atomic E-state index is 0.133. The Morgan fingerprint density at radius 2 is 2.24 bits per heavy atom. The molecule has 0 spiro atoms. The molecule has 0 bridgehead atoms. The largest absolute Gasteiger partial charge is 0.461 e. The van der Waals surface area contributed by atoms with Gasteiger partial charge in [-0.2, -0.15) is 0 Å². The fourth-order valence-corrected chi connectivity index (χ4v) is 2.16. The number of rotatable bonds is 4. The van der Waals surface area contributed by atoms with Gasteiger partial charge in [0.15, 0.2) is 5.69 Å². The van der Waals surface area contributed by atoms with Crippen molar-refractivity contribution in [3.63, 3.8) is 0 Å². The number of esters is 1. The summed E-state index contributed by atoms with van der Waals surface area (Å²) in [6.07, 6.45) is -2.73. The van der Waals surface area contributed by atoms with Crippen LogP contribution in [-0.2, 0) is 10.1 Å². The first kappa shape index (κ1) is 14.5. The Bertz CT molecular complexity index is 427. The van der Waals surface area contributed by atoms with Gasteiger partial charge in [-0.1, -0.05) is 15.9 Å². The Hall–Kier alpha value is -0.560. The number of halogens is 4. The summed E-state index contributed by atoms with van der Waals surface area (Å²) in [6, 6.07) is 1.44. The lowest BCUT2D eigenvalue weighted by Gasteiger charge is -2.10. The molecule has 0 aromatic carbocycles. The molecule has 94 valence electrons. The van der Waals surface area contributed by atoms with Crippen LogP contribution in [0.2, 0.25) is 0 Å². The first-order valence-electron chi connectivity index (χ1n) is 4.71. The molecule has 0 aliphatic carbocycles. The number of hydrogen-bond donors (Lipinski definition) is 0. The van der Waals surface area contributed by atoms with Crippen LogP contribution in [-0.4, -0.2) is 17.6 Å². The van der Waals surface area contributed by atoms with Crippen LogP contribution in [0.25, 0.3) is 0 Å². The number of ether oxygens (including phenoxy) is 1. The third kappa shape index (κ3) is 3.45. The molecule has 1 rings (SSSR count). The molecule has 0 radical (unpaired) electrons. The second-order valence-electron chi connectivity index (χ2n) is 3.02. The van der Waals surface area contributed by atoms with E-state index in [4.69, 9.17) is 4.74 Å². The quantitative estimate of drug-likeness (QED) is 0.595. The van der Waals surface area contributed by atoms with Crippen molar-refractivity contribution in [2.24, 2.45) is 0 Å². The Morgan fingerprint density at radius 3 is 2.71 bits per heavy atom. The summed E-state index contributed by atoms with van der Waals surface area (Å²) < 4.78 is 30.5. The molecule has 0 saturated carbocycles. The lowest BCUT2D eigenvalue weighted by atomic mass is 10.2. The zero-order valence-electron chi connectivity index (χ0n) is 8.84. The van der Waals surface area contributed by atoms with Crippen LogP contribution in [0.4, 0.5) is 8.78 Å². The molecule has 0 amide bonds. The van der Waals surface area contributed by atoms with Crippen LogP contribution in [0.5, 0.6) is 0 Å². The van der Waals surface area contributed by atoms with Crippen LogP contribution in [0.3, 0.4) is 0 Å². The van der Waals surface area contributed by atoms with Gasteiger partial charge in [0, 0.05) is 5.33 Å². The van der Waals surface area contributed by atoms with E-state index < -0.39 is 18.1 Å². The molecule has 0 fully saturated rings. The molecule has 1 aromatic rings. The second kappa shape index (κ2) is 6.39. The molecule has 1 aromatic heterocycles. The number of aromatic nitrogens is 1. The van der Waals surface area contributed by atoms with Gasteiger partial charge in [0.1, 0.15) is 5.69 Å². The average Bonchev–Trinajstić information content (AvgIpc) is 2.28. The molecule has 7 heteroatoms. The van der Waals surface area contributed by atoms with Crippen molar-refractivity contribution in [2.45, 2.75) is 18.7 Å². The first-order chi connectivity index (χ1) is 8.01. The summed E-state index contributed by atoms with van der Waals surface area (Å²) in [5.74, 6) is -0.720. The van der Waals surface area contributed by atoms with E-state index in [9.17, 15) is 13.6 Å². The number of hydrogen-bond acceptors (Lipinski definition) is 3. The van der Waals surface area contributed by atoms with Gasteiger partial charge >= 0.3 is 5.97 Å². The molecule has 1 heterocycles. The molecule has 3 nitrogen and oxygen atoms in total. The number of pyridine rings is 1. The highest BCUT2D eigenvalue weighted by Gasteiger charge is 2.21. The lowest BCUT2D eigenvalue weighted by molar-refractivity contribution is 0.0516. The third-order valence-electron chi connectivity index (χ3n) is 1.91. The fourth-order valence-electron chi connectivity index (χ4n) is 1.18. The summed E-state index contributed by atoms with van der Waals surface area (Å²) in [7, 11) is 0. The second-order valence-corrected chi connectivity index (χ2v) is 4.43. The maximum Gasteiger partial charge on any atom is 0.358 e. The van der Waals surface area contributed by atoms with Crippen molar-refractivity contribution in [2.75, 3.05) is 6.61 Å². The summed E-state index contributed by atoms with van der Waals surface area (Å²) in [5.41, 5.74) is -0.208. The highest BCUT2D eigenvalue weighted by atomic mass is 79.9. The van der Waals surface area contributed by atoms with Gasteiger partial charge in [0.25, 0.3) is 6.43 Å². The fraction of sp³-hybridized carbons (Fsp3) is 0.400. The summed E-state index contributed by atoms with van der Waals surface area (Å²) in [5, 5.41) is 0.237. The van der Waals surface area contributed by atoms with Crippen LogP contribution < -0.4 is 0 Å². The number of carbonyl (C=O) groups is 1. The number of carbonyl (C=O) groups excluding carboxylic acids is 1. The van der Waals surface area contributed by atoms with Crippen LogP contribution in [0, 0.1) is 0 Å². The van der Waals surface area contributed by atoms with Crippen molar-refractivity contribution in [1.29, 1.82) is 0 Å². The van der Waals surface area contributed by atoms with E-state index >= 15 is 0 Å². The zero-order chi connectivity index (χ0) is 13.0. The Labute approximate surface area is 114 Å². The molecular weight excluding hydrogens is 364 g/mol. The molecule has 0 aliphatic heterocycles. The molecule has 0 N–H and O–H groups in total. The Balaban J connectivity index is 3.24. The van der Waals surface area contributed by atoms with Crippen molar-refractivity contribution in [3.8, 4) is 0 Å². The minimum atomic E-state index is -2.73. The normalized spacial score (nSPS) is 10.7. The topological polar surface area (TPSA) is 39.2 Å². The Kier molecular flexibility index (Phi) is 5.45. The van der Waals surface area contributed by atoms with Gasteiger partial charge in [0.2, 0.25) is 0 Å². The summed E-state index contributed by atoms with van der Waals surface area (Å²) >= 11 is 6.21. The molecule has 0 saturated heterocycles. The zero-order valence-corrected chi connectivity index (χ0v) is 12.0. The summed E-state index contributed by atoms with van der Waals surface area (Å²) in [6.45, 7) is 1.80. The monoisotopic (exact) mass is 371 g/mol. The standard InChI is InChI=1S/C10H9Br2F2NO2/c1-2-17-10(16)8-6(12)3-5(4-11)7(15-8)9(13)14/h3,9H,2,4H2,1H3.